The molecule has 0 spiro atoms. The largest absolute Gasteiger partial charge is 0.387 e. The molecule has 0 aliphatic heterocycles. The van der Waals surface area contributed by atoms with Crippen LogP contribution in [0.3, 0.4) is 0 Å². The topological polar surface area (TPSA) is 51.3 Å². The molecule has 1 aromatic carbocycles. The third kappa shape index (κ3) is 1.61. The Balaban J connectivity index is 2.53. The smallest absolute Gasteiger partial charge is 0.175 e. The highest BCUT2D eigenvalue weighted by Crippen LogP contribution is 2.28. The fraction of sp³-hybridized carbons (Fsp3) is 0.200. The maximum atomic E-state index is 5.67. The van der Waals surface area contributed by atoms with Crippen LogP contribution in [0.15, 0.2) is 29.3 Å². The summed E-state index contributed by atoms with van der Waals surface area (Å²) in [6.07, 6.45) is 0.756. The van der Waals surface area contributed by atoms with Crippen molar-refractivity contribution in [2.75, 3.05) is 0 Å². The van der Waals surface area contributed by atoms with Gasteiger partial charge < -0.3 is 5.73 Å². The molecule has 0 bridgehead atoms. The Labute approximate surface area is 86.4 Å². The lowest BCUT2D eigenvalue weighted by Gasteiger charge is -1.93. The number of nitrogens with two attached hydrogens (primary N) is 1. The second-order valence-electron chi connectivity index (χ2n) is 2.96. The van der Waals surface area contributed by atoms with Crippen LogP contribution in [0, 0.1) is 0 Å². The van der Waals surface area contributed by atoms with Gasteiger partial charge in [0, 0.05) is 11.8 Å². The first-order valence-corrected chi connectivity index (χ1v) is 5.26. The van der Waals surface area contributed by atoms with Gasteiger partial charge in [-0.2, -0.15) is 4.37 Å². The Morgan fingerprint density at radius 1 is 1.50 bits per heavy atom. The van der Waals surface area contributed by atoms with Crippen molar-refractivity contribution < 1.29 is 0 Å². The zero-order valence-corrected chi connectivity index (χ0v) is 8.71. The Morgan fingerprint density at radius 3 is 3.07 bits per heavy atom. The zero-order chi connectivity index (χ0) is 9.97. The third-order valence-corrected chi connectivity index (χ3v) is 2.79. The van der Waals surface area contributed by atoms with E-state index >= 15 is 0 Å². The number of amidine groups is 1. The lowest BCUT2D eigenvalue weighted by Crippen LogP contribution is -2.08. The second kappa shape index (κ2) is 3.75. The predicted molar refractivity (Wildman–Crippen MR) is 61.2 cm³/mol. The molecule has 2 rings (SSSR count). The van der Waals surface area contributed by atoms with Crippen molar-refractivity contribution in [2.45, 2.75) is 13.3 Å². The summed E-state index contributed by atoms with van der Waals surface area (Å²) >= 11 is 1.45. The fourth-order valence-corrected chi connectivity index (χ4v) is 1.89. The summed E-state index contributed by atoms with van der Waals surface area (Å²) in [7, 11) is 0. The first-order valence-electron chi connectivity index (χ1n) is 4.48. The Kier molecular flexibility index (Phi) is 2.45. The SMILES string of the molecule is CCC(N)=Nc1nsc2ccccc12. The molecule has 0 amide bonds. The van der Waals surface area contributed by atoms with Crippen LogP contribution in [-0.4, -0.2) is 10.2 Å². The average molecular weight is 205 g/mol. The molecule has 4 heteroatoms. The van der Waals surface area contributed by atoms with Gasteiger partial charge in [0.1, 0.15) is 5.84 Å². The van der Waals surface area contributed by atoms with Crippen LogP contribution in [0.1, 0.15) is 13.3 Å². The molecule has 1 aromatic heterocycles. The minimum Gasteiger partial charge on any atom is -0.387 e. The molecule has 0 saturated heterocycles. The van der Waals surface area contributed by atoms with Crippen LogP contribution in [-0.2, 0) is 0 Å². The summed E-state index contributed by atoms with van der Waals surface area (Å²) in [5.74, 6) is 1.37. The average Bonchev–Trinajstić information content (AvgIpc) is 2.62. The Morgan fingerprint density at radius 2 is 2.29 bits per heavy atom. The van der Waals surface area contributed by atoms with E-state index in [-0.39, 0.29) is 0 Å². The molecule has 72 valence electrons. The molecule has 0 aliphatic rings. The summed E-state index contributed by atoms with van der Waals surface area (Å²) < 4.78 is 5.41. The first-order chi connectivity index (χ1) is 6.81. The molecule has 0 aliphatic carbocycles. The van der Waals surface area contributed by atoms with Gasteiger partial charge in [0.2, 0.25) is 0 Å². The van der Waals surface area contributed by atoms with E-state index in [1.54, 1.807) is 0 Å². The number of benzene rings is 1. The van der Waals surface area contributed by atoms with E-state index < -0.39 is 0 Å². The monoisotopic (exact) mass is 205 g/mol. The minimum absolute atomic E-state index is 0.626. The Hall–Kier alpha value is -1.42. The van der Waals surface area contributed by atoms with Crippen molar-refractivity contribution in [2.24, 2.45) is 10.7 Å². The van der Waals surface area contributed by atoms with Crippen molar-refractivity contribution in [1.82, 2.24) is 4.37 Å². The van der Waals surface area contributed by atoms with Gasteiger partial charge in [0.15, 0.2) is 5.82 Å². The molecule has 3 nitrogen and oxygen atoms in total. The van der Waals surface area contributed by atoms with E-state index in [1.807, 2.05) is 31.2 Å². The van der Waals surface area contributed by atoms with Crippen molar-refractivity contribution in [3.8, 4) is 0 Å². The molecule has 0 atom stereocenters. The summed E-state index contributed by atoms with van der Waals surface area (Å²) in [4.78, 5) is 4.26. The van der Waals surface area contributed by atoms with Crippen LogP contribution in [0.5, 0.6) is 0 Å². The minimum atomic E-state index is 0.626. The zero-order valence-electron chi connectivity index (χ0n) is 7.90. The van der Waals surface area contributed by atoms with E-state index in [1.165, 1.54) is 11.5 Å². The number of rotatable bonds is 2. The van der Waals surface area contributed by atoms with Gasteiger partial charge in [0.05, 0.1) is 4.70 Å². The second-order valence-corrected chi connectivity index (χ2v) is 3.76. The van der Waals surface area contributed by atoms with Crippen LogP contribution < -0.4 is 5.73 Å². The van der Waals surface area contributed by atoms with Gasteiger partial charge in [-0.3, -0.25) is 0 Å². The Bertz CT molecular complexity index is 473. The van der Waals surface area contributed by atoms with Crippen molar-refractivity contribution in [3.05, 3.63) is 24.3 Å². The number of nitrogens with zero attached hydrogens (tertiary/aromatic N) is 2. The highest BCUT2D eigenvalue weighted by atomic mass is 32.1. The number of hydrogen-bond acceptors (Lipinski definition) is 3. The molecule has 0 fully saturated rings. The van der Waals surface area contributed by atoms with Crippen molar-refractivity contribution in [3.63, 3.8) is 0 Å². The highest BCUT2D eigenvalue weighted by Gasteiger charge is 2.03. The van der Waals surface area contributed by atoms with Gasteiger partial charge in [-0.1, -0.05) is 19.1 Å². The van der Waals surface area contributed by atoms with Gasteiger partial charge in [0.25, 0.3) is 0 Å². The molecule has 1 heterocycles. The normalized spacial score (nSPS) is 12.2. The molecule has 2 aromatic rings. The summed E-state index contributed by atoms with van der Waals surface area (Å²) in [6.45, 7) is 1.98. The first kappa shape index (κ1) is 9.15. The molecule has 0 saturated carbocycles. The molecule has 0 unspecified atom stereocenters. The van der Waals surface area contributed by atoms with Gasteiger partial charge >= 0.3 is 0 Å². The molecular weight excluding hydrogens is 194 g/mol. The van der Waals surface area contributed by atoms with Crippen LogP contribution in [0.4, 0.5) is 5.82 Å². The predicted octanol–water partition coefficient (Wildman–Crippen LogP) is 2.70. The molecule has 2 N–H and O–H groups in total. The third-order valence-electron chi connectivity index (χ3n) is 1.97. The summed E-state index contributed by atoms with van der Waals surface area (Å²) in [6, 6.07) is 8.03. The quantitative estimate of drug-likeness (QED) is 0.605. The highest BCUT2D eigenvalue weighted by molar-refractivity contribution is 7.13. The molecule has 14 heavy (non-hydrogen) atoms. The van der Waals surface area contributed by atoms with Gasteiger partial charge in [-0.05, 0) is 23.7 Å². The van der Waals surface area contributed by atoms with Crippen LogP contribution >= 0.6 is 11.5 Å². The standard InChI is InChI=1S/C10H11N3S/c1-2-9(11)12-10-7-5-3-4-6-8(7)14-13-10/h3-6H,2H2,1H3,(H2,11,12,13). The summed E-state index contributed by atoms with van der Waals surface area (Å²) in [5.41, 5.74) is 5.67. The molecular formula is C10H11N3S. The fourth-order valence-electron chi connectivity index (χ4n) is 1.17. The van der Waals surface area contributed by atoms with E-state index in [0.29, 0.717) is 5.84 Å². The lowest BCUT2D eigenvalue weighted by atomic mass is 10.3. The van der Waals surface area contributed by atoms with E-state index in [2.05, 4.69) is 9.37 Å². The summed E-state index contributed by atoms with van der Waals surface area (Å²) in [5, 5.41) is 1.08. The maximum Gasteiger partial charge on any atom is 0.175 e. The van der Waals surface area contributed by atoms with E-state index in [9.17, 15) is 0 Å². The maximum absolute atomic E-state index is 5.67. The number of fused-ring (bicyclic) bond motifs is 1. The lowest BCUT2D eigenvalue weighted by molar-refractivity contribution is 1.23. The number of aromatic nitrogens is 1. The van der Waals surface area contributed by atoms with Crippen LogP contribution in [0.25, 0.3) is 10.1 Å². The van der Waals surface area contributed by atoms with Crippen molar-refractivity contribution in [1.29, 1.82) is 0 Å². The number of aliphatic imine (C=N–C) groups is 1. The van der Waals surface area contributed by atoms with Gasteiger partial charge in [-0.25, -0.2) is 4.99 Å². The van der Waals surface area contributed by atoms with Crippen LogP contribution in [0.2, 0.25) is 0 Å². The van der Waals surface area contributed by atoms with Gasteiger partial charge in [-0.15, -0.1) is 0 Å². The number of hydrogen-bond donors (Lipinski definition) is 1. The van der Waals surface area contributed by atoms with E-state index in [0.717, 1.165) is 22.3 Å². The van der Waals surface area contributed by atoms with E-state index in [4.69, 9.17) is 5.73 Å². The van der Waals surface area contributed by atoms with Crippen molar-refractivity contribution >= 4 is 33.3 Å². The molecule has 0 radical (unpaired) electrons.